The van der Waals surface area contributed by atoms with E-state index in [0.29, 0.717) is 0 Å². The third-order valence-electron chi connectivity index (χ3n) is 3.71. The highest BCUT2D eigenvalue weighted by Crippen LogP contribution is 2.39. The standard InChI is InChI=1S/C14H29N/c1-5-10-15-14(9-6-11(2)3)12(4)13-7-8-13/h11-15H,5-10H2,1-4H3. The molecule has 0 aliphatic heterocycles. The van der Waals surface area contributed by atoms with Crippen LogP contribution in [0.2, 0.25) is 0 Å². The van der Waals surface area contributed by atoms with Crippen LogP contribution in [-0.2, 0) is 0 Å². The Morgan fingerprint density at radius 3 is 2.27 bits per heavy atom. The van der Waals surface area contributed by atoms with Crippen LogP contribution in [0.1, 0.15) is 59.8 Å². The maximum atomic E-state index is 3.75. The van der Waals surface area contributed by atoms with Gasteiger partial charge in [0.2, 0.25) is 0 Å². The Kier molecular flexibility index (Phi) is 5.66. The van der Waals surface area contributed by atoms with Gasteiger partial charge in [-0.25, -0.2) is 0 Å². The fourth-order valence-electron chi connectivity index (χ4n) is 2.34. The first-order valence-electron chi connectivity index (χ1n) is 6.88. The highest BCUT2D eigenvalue weighted by Gasteiger charge is 2.32. The first kappa shape index (κ1) is 13.0. The van der Waals surface area contributed by atoms with Crippen molar-refractivity contribution in [3.8, 4) is 0 Å². The molecule has 0 aromatic rings. The molecular formula is C14H29N. The lowest BCUT2D eigenvalue weighted by Crippen LogP contribution is -2.36. The van der Waals surface area contributed by atoms with Gasteiger partial charge in [0, 0.05) is 6.04 Å². The van der Waals surface area contributed by atoms with Gasteiger partial charge >= 0.3 is 0 Å². The Hall–Kier alpha value is -0.0400. The molecule has 0 aromatic heterocycles. The molecule has 15 heavy (non-hydrogen) atoms. The zero-order valence-corrected chi connectivity index (χ0v) is 11.1. The van der Waals surface area contributed by atoms with Gasteiger partial charge in [-0.15, -0.1) is 0 Å². The van der Waals surface area contributed by atoms with E-state index in [4.69, 9.17) is 0 Å². The molecule has 1 nitrogen and oxygen atoms in total. The van der Waals surface area contributed by atoms with Crippen LogP contribution in [0.25, 0.3) is 0 Å². The minimum Gasteiger partial charge on any atom is -0.314 e. The Morgan fingerprint density at radius 1 is 1.13 bits per heavy atom. The molecule has 1 saturated carbocycles. The lowest BCUT2D eigenvalue weighted by molar-refractivity contribution is 0.307. The number of hydrogen-bond acceptors (Lipinski definition) is 1. The fourth-order valence-corrected chi connectivity index (χ4v) is 2.34. The highest BCUT2D eigenvalue weighted by molar-refractivity contribution is 4.86. The summed E-state index contributed by atoms with van der Waals surface area (Å²) in [6.07, 6.45) is 6.96. The summed E-state index contributed by atoms with van der Waals surface area (Å²) in [4.78, 5) is 0. The summed E-state index contributed by atoms with van der Waals surface area (Å²) in [5.41, 5.74) is 0. The number of hydrogen-bond donors (Lipinski definition) is 1. The lowest BCUT2D eigenvalue weighted by atomic mass is 9.90. The van der Waals surface area contributed by atoms with Crippen LogP contribution >= 0.6 is 0 Å². The summed E-state index contributed by atoms with van der Waals surface area (Å²) in [7, 11) is 0. The van der Waals surface area contributed by atoms with Crippen LogP contribution < -0.4 is 5.32 Å². The van der Waals surface area contributed by atoms with E-state index in [2.05, 4.69) is 33.0 Å². The first-order chi connectivity index (χ1) is 7.15. The largest absolute Gasteiger partial charge is 0.314 e. The molecule has 2 unspecified atom stereocenters. The zero-order valence-electron chi connectivity index (χ0n) is 11.1. The minimum atomic E-state index is 0.778. The van der Waals surface area contributed by atoms with Crippen molar-refractivity contribution in [3.63, 3.8) is 0 Å². The van der Waals surface area contributed by atoms with E-state index in [1.807, 2.05) is 0 Å². The lowest BCUT2D eigenvalue weighted by Gasteiger charge is -2.26. The second kappa shape index (κ2) is 6.52. The fraction of sp³-hybridized carbons (Fsp3) is 1.00. The van der Waals surface area contributed by atoms with Gasteiger partial charge in [0.1, 0.15) is 0 Å². The Bertz CT molecular complexity index is 161. The van der Waals surface area contributed by atoms with Crippen molar-refractivity contribution in [2.75, 3.05) is 6.54 Å². The molecule has 1 aliphatic carbocycles. The van der Waals surface area contributed by atoms with Crippen molar-refractivity contribution in [2.45, 2.75) is 65.8 Å². The first-order valence-corrected chi connectivity index (χ1v) is 6.88. The molecule has 1 aliphatic rings. The van der Waals surface area contributed by atoms with Crippen LogP contribution in [0.4, 0.5) is 0 Å². The summed E-state index contributed by atoms with van der Waals surface area (Å²) in [6, 6.07) is 0.778. The van der Waals surface area contributed by atoms with Gasteiger partial charge in [0.05, 0.1) is 0 Å². The molecule has 0 aromatic carbocycles. The zero-order chi connectivity index (χ0) is 11.3. The van der Waals surface area contributed by atoms with Gasteiger partial charge in [-0.2, -0.15) is 0 Å². The van der Waals surface area contributed by atoms with E-state index in [-0.39, 0.29) is 0 Å². The van der Waals surface area contributed by atoms with Gasteiger partial charge < -0.3 is 5.32 Å². The van der Waals surface area contributed by atoms with E-state index in [1.54, 1.807) is 0 Å². The molecule has 90 valence electrons. The topological polar surface area (TPSA) is 12.0 Å². The van der Waals surface area contributed by atoms with Crippen molar-refractivity contribution < 1.29 is 0 Å². The maximum absolute atomic E-state index is 3.75. The van der Waals surface area contributed by atoms with Crippen LogP contribution in [-0.4, -0.2) is 12.6 Å². The van der Waals surface area contributed by atoms with Crippen LogP contribution in [0.3, 0.4) is 0 Å². The third kappa shape index (κ3) is 5.01. The highest BCUT2D eigenvalue weighted by atomic mass is 14.9. The second-order valence-corrected chi connectivity index (χ2v) is 5.73. The van der Waals surface area contributed by atoms with E-state index in [9.17, 15) is 0 Å². The molecule has 0 heterocycles. The maximum Gasteiger partial charge on any atom is 0.00954 e. The molecule has 1 heteroatoms. The summed E-state index contributed by atoms with van der Waals surface area (Å²) < 4.78 is 0. The number of rotatable bonds is 8. The van der Waals surface area contributed by atoms with E-state index < -0.39 is 0 Å². The molecule has 2 atom stereocenters. The van der Waals surface area contributed by atoms with Crippen LogP contribution in [0, 0.1) is 17.8 Å². The van der Waals surface area contributed by atoms with E-state index in [0.717, 1.165) is 23.8 Å². The minimum absolute atomic E-state index is 0.778. The van der Waals surface area contributed by atoms with Crippen LogP contribution in [0.15, 0.2) is 0 Å². The molecule has 0 saturated heterocycles. The van der Waals surface area contributed by atoms with Gasteiger partial charge in [-0.1, -0.05) is 27.7 Å². The SMILES string of the molecule is CCCNC(CCC(C)C)C(C)C1CC1. The summed E-state index contributed by atoms with van der Waals surface area (Å²) >= 11 is 0. The summed E-state index contributed by atoms with van der Waals surface area (Å²) in [5, 5.41) is 3.75. The average Bonchev–Trinajstić information content (AvgIpc) is 3.00. The molecule has 1 rings (SSSR count). The third-order valence-corrected chi connectivity index (χ3v) is 3.71. The predicted octanol–water partition coefficient (Wildman–Crippen LogP) is 3.84. The predicted molar refractivity (Wildman–Crippen MR) is 68.0 cm³/mol. The van der Waals surface area contributed by atoms with Crippen molar-refractivity contribution in [3.05, 3.63) is 0 Å². The Morgan fingerprint density at radius 2 is 1.80 bits per heavy atom. The second-order valence-electron chi connectivity index (χ2n) is 5.73. The molecular weight excluding hydrogens is 182 g/mol. The average molecular weight is 211 g/mol. The van der Waals surface area contributed by atoms with Crippen molar-refractivity contribution in [1.82, 2.24) is 5.32 Å². The molecule has 0 spiro atoms. The Labute approximate surface area is 96.0 Å². The van der Waals surface area contributed by atoms with Crippen LogP contribution in [0.5, 0.6) is 0 Å². The molecule has 1 fully saturated rings. The van der Waals surface area contributed by atoms with E-state index >= 15 is 0 Å². The summed E-state index contributed by atoms with van der Waals surface area (Å²) in [6.45, 7) is 10.6. The van der Waals surface area contributed by atoms with Gasteiger partial charge in [0.25, 0.3) is 0 Å². The van der Waals surface area contributed by atoms with Crippen molar-refractivity contribution in [2.24, 2.45) is 17.8 Å². The van der Waals surface area contributed by atoms with Gasteiger partial charge in [0.15, 0.2) is 0 Å². The molecule has 0 amide bonds. The summed E-state index contributed by atoms with van der Waals surface area (Å²) in [5.74, 6) is 2.78. The quantitative estimate of drug-likeness (QED) is 0.643. The molecule has 0 bridgehead atoms. The van der Waals surface area contributed by atoms with Crippen molar-refractivity contribution >= 4 is 0 Å². The van der Waals surface area contributed by atoms with E-state index in [1.165, 1.54) is 38.6 Å². The molecule has 0 radical (unpaired) electrons. The monoisotopic (exact) mass is 211 g/mol. The smallest absolute Gasteiger partial charge is 0.00954 e. The normalized spacial score (nSPS) is 20.6. The Balaban J connectivity index is 2.29. The van der Waals surface area contributed by atoms with Gasteiger partial charge in [-0.05, 0) is 56.4 Å². The van der Waals surface area contributed by atoms with Gasteiger partial charge in [-0.3, -0.25) is 0 Å². The number of nitrogens with one attached hydrogen (secondary N) is 1. The molecule has 1 N–H and O–H groups in total. The van der Waals surface area contributed by atoms with Crippen molar-refractivity contribution in [1.29, 1.82) is 0 Å².